The number of hydrogen-bond acceptors (Lipinski definition) is 5. The molecule has 0 bridgehead atoms. The molecular weight excluding hydrogens is 378 g/mol. The second kappa shape index (κ2) is 7.37. The molecule has 0 radical (unpaired) electrons. The highest BCUT2D eigenvalue weighted by molar-refractivity contribution is 7.89. The summed E-state index contributed by atoms with van der Waals surface area (Å²) >= 11 is 0. The van der Waals surface area contributed by atoms with Crippen molar-refractivity contribution in [3.8, 4) is 11.1 Å². The Bertz CT molecular complexity index is 1130. The molecule has 3 heterocycles. The molecule has 0 saturated carbocycles. The molecule has 0 unspecified atom stereocenters. The van der Waals surface area contributed by atoms with Crippen LogP contribution in [0.25, 0.3) is 16.8 Å². The Morgan fingerprint density at radius 1 is 1.14 bits per heavy atom. The maximum absolute atomic E-state index is 12.9. The van der Waals surface area contributed by atoms with E-state index < -0.39 is 9.84 Å². The number of ether oxygens (including phenoxy) is 1. The van der Waals surface area contributed by atoms with Gasteiger partial charge in [0.2, 0.25) is 0 Å². The van der Waals surface area contributed by atoms with Gasteiger partial charge in [0.05, 0.1) is 25.2 Å². The van der Waals surface area contributed by atoms with Crippen molar-refractivity contribution in [1.82, 2.24) is 14.3 Å². The van der Waals surface area contributed by atoms with Crippen molar-refractivity contribution in [2.75, 3.05) is 32.6 Å². The topological polar surface area (TPSA) is 81.0 Å². The number of hydrogen-bond donors (Lipinski definition) is 0. The van der Waals surface area contributed by atoms with Crippen LogP contribution < -0.4 is 0 Å². The van der Waals surface area contributed by atoms with E-state index in [4.69, 9.17) is 4.74 Å². The lowest BCUT2D eigenvalue weighted by Gasteiger charge is -2.26. The number of sulfone groups is 1. The first-order chi connectivity index (χ1) is 13.4. The number of fused-ring (bicyclic) bond motifs is 1. The number of carbonyl (C=O) groups excluding carboxylic acids is 1. The normalized spacial score (nSPS) is 15.1. The second-order valence-corrected chi connectivity index (χ2v) is 9.10. The Kier molecular flexibility index (Phi) is 4.91. The van der Waals surface area contributed by atoms with Gasteiger partial charge in [0.1, 0.15) is 11.3 Å². The van der Waals surface area contributed by atoms with Gasteiger partial charge in [-0.15, -0.1) is 0 Å². The number of morpholine rings is 1. The van der Waals surface area contributed by atoms with E-state index in [2.05, 4.69) is 4.98 Å². The van der Waals surface area contributed by atoms with Crippen LogP contribution in [-0.4, -0.2) is 61.2 Å². The molecule has 2 aromatic heterocycles. The fourth-order valence-corrected chi connectivity index (χ4v) is 4.17. The summed E-state index contributed by atoms with van der Waals surface area (Å²) in [6.45, 7) is 2.22. The number of benzene rings is 1. The summed E-state index contributed by atoms with van der Waals surface area (Å²) in [6.07, 6.45) is 4.69. The van der Waals surface area contributed by atoms with Gasteiger partial charge >= 0.3 is 0 Å². The molecule has 4 rings (SSSR count). The third kappa shape index (κ3) is 3.93. The lowest BCUT2D eigenvalue weighted by Crippen LogP contribution is -2.41. The first-order valence-corrected chi connectivity index (χ1v) is 11.1. The van der Waals surface area contributed by atoms with Crippen LogP contribution in [0, 0.1) is 0 Å². The number of carbonyl (C=O) groups is 1. The van der Waals surface area contributed by atoms with Crippen LogP contribution >= 0.6 is 0 Å². The fourth-order valence-electron chi connectivity index (χ4n) is 3.38. The van der Waals surface area contributed by atoms with Crippen LogP contribution in [0.1, 0.15) is 16.1 Å². The van der Waals surface area contributed by atoms with Crippen molar-refractivity contribution < 1.29 is 17.9 Å². The molecule has 1 fully saturated rings. The SMILES string of the molecule is CS(=O)(=O)Cc1cccc(-c2ccc3ncc(C(=O)N4CCOCC4)n3c2)c1. The average molecular weight is 399 g/mol. The predicted octanol–water partition coefficient (Wildman–Crippen LogP) is 2.02. The van der Waals surface area contributed by atoms with Gasteiger partial charge in [0.25, 0.3) is 5.91 Å². The standard InChI is InChI=1S/C20H21N3O4S/c1-28(25,26)14-15-3-2-4-16(11-15)17-5-6-19-21-12-18(23(19)13-17)20(24)22-7-9-27-10-8-22/h2-6,11-13H,7-10,14H2,1H3. The fraction of sp³-hybridized carbons (Fsp3) is 0.300. The molecule has 0 aliphatic carbocycles. The molecule has 8 heteroatoms. The summed E-state index contributed by atoms with van der Waals surface area (Å²) < 4.78 is 30.3. The number of rotatable bonds is 4. The van der Waals surface area contributed by atoms with Crippen LogP contribution in [0.4, 0.5) is 0 Å². The largest absolute Gasteiger partial charge is 0.378 e. The van der Waals surface area contributed by atoms with Crippen molar-refractivity contribution in [3.63, 3.8) is 0 Å². The van der Waals surface area contributed by atoms with Gasteiger partial charge in [-0.25, -0.2) is 13.4 Å². The molecule has 1 aromatic carbocycles. The Labute approximate surface area is 163 Å². The Morgan fingerprint density at radius 3 is 2.68 bits per heavy atom. The van der Waals surface area contributed by atoms with Crippen molar-refractivity contribution in [2.24, 2.45) is 0 Å². The average Bonchev–Trinajstić information content (AvgIpc) is 3.10. The zero-order valence-electron chi connectivity index (χ0n) is 15.5. The quantitative estimate of drug-likeness (QED) is 0.670. The molecule has 0 spiro atoms. The van der Waals surface area contributed by atoms with Crippen LogP contribution in [0.15, 0.2) is 48.8 Å². The minimum absolute atomic E-state index is 0.00503. The molecule has 1 saturated heterocycles. The number of pyridine rings is 1. The first-order valence-electron chi connectivity index (χ1n) is 9.02. The van der Waals surface area contributed by atoms with Gasteiger partial charge in [-0.05, 0) is 28.8 Å². The highest BCUT2D eigenvalue weighted by atomic mass is 32.2. The molecule has 1 aliphatic heterocycles. The highest BCUT2D eigenvalue weighted by Gasteiger charge is 2.21. The van der Waals surface area contributed by atoms with Crippen molar-refractivity contribution in [1.29, 1.82) is 0 Å². The number of imidazole rings is 1. The molecule has 1 amide bonds. The van der Waals surface area contributed by atoms with E-state index in [1.807, 2.05) is 36.5 Å². The van der Waals surface area contributed by atoms with Gasteiger partial charge in [0, 0.05) is 25.5 Å². The van der Waals surface area contributed by atoms with Crippen LogP contribution in [0.2, 0.25) is 0 Å². The third-order valence-electron chi connectivity index (χ3n) is 4.71. The van der Waals surface area contributed by atoms with Crippen LogP contribution in [-0.2, 0) is 20.3 Å². The van der Waals surface area contributed by atoms with E-state index in [1.165, 1.54) is 6.26 Å². The molecule has 3 aromatic rings. The monoisotopic (exact) mass is 399 g/mol. The van der Waals surface area contributed by atoms with E-state index in [0.29, 0.717) is 37.6 Å². The second-order valence-electron chi connectivity index (χ2n) is 6.96. The van der Waals surface area contributed by atoms with Gasteiger partial charge in [-0.2, -0.15) is 0 Å². The molecule has 146 valence electrons. The molecule has 28 heavy (non-hydrogen) atoms. The summed E-state index contributed by atoms with van der Waals surface area (Å²) in [5.74, 6) is -0.0756. The molecule has 0 atom stereocenters. The maximum Gasteiger partial charge on any atom is 0.272 e. The van der Waals surface area contributed by atoms with E-state index in [-0.39, 0.29) is 11.7 Å². The summed E-state index contributed by atoms with van der Waals surface area (Å²) in [5, 5.41) is 0. The highest BCUT2D eigenvalue weighted by Crippen LogP contribution is 2.23. The Morgan fingerprint density at radius 2 is 1.93 bits per heavy atom. The number of amides is 1. The van der Waals surface area contributed by atoms with Crippen molar-refractivity contribution in [2.45, 2.75) is 5.75 Å². The van der Waals surface area contributed by atoms with Gasteiger partial charge in [-0.3, -0.25) is 9.20 Å². The smallest absolute Gasteiger partial charge is 0.272 e. The van der Waals surface area contributed by atoms with Crippen LogP contribution in [0.3, 0.4) is 0 Å². The summed E-state index contributed by atoms with van der Waals surface area (Å²) in [4.78, 5) is 19.0. The predicted molar refractivity (Wildman–Crippen MR) is 106 cm³/mol. The zero-order chi connectivity index (χ0) is 19.7. The minimum atomic E-state index is -3.11. The first kappa shape index (κ1) is 18.6. The van der Waals surface area contributed by atoms with Gasteiger partial charge in [0.15, 0.2) is 9.84 Å². The van der Waals surface area contributed by atoms with Crippen molar-refractivity contribution in [3.05, 3.63) is 60.0 Å². The maximum atomic E-state index is 12.9. The summed E-state index contributed by atoms with van der Waals surface area (Å²) in [5.41, 5.74) is 3.70. The van der Waals surface area contributed by atoms with E-state index >= 15 is 0 Å². The molecule has 1 aliphatic rings. The lowest BCUT2D eigenvalue weighted by molar-refractivity contribution is 0.0298. The van der Waals surface area contributed by atoms with E-state index in [1.54, 1.807) is 21.6 Å². The third-order valence-corrected chi connectivity index (χ3v) is 5.57. The van der Waals surface area contributed by atoms with Gasteiger partial charge < -0.3 is 9.64 Å². The Hall–Kier alpha value is -2.71. The van der Waals surface area contributed by atoms with Gasteiger partial charge in [-0.1, -0.05) is 24.3 Å². The zero-order valence-corrected chi connectivity index (χ0v) is 16.4. The number of aromatic nitrogens is 2. The molecule has 0 N–H and O–H groups in total. The van der Waals surface area contributed by atoms with Crippen LogP contribution in [0.5, 0.6) is 0 Å². The lowest BCUT2D eigenvalue weighted by atomic mass is 10.1. The Balaban J connectivity index is 1.70. The van der Waals surface area contributed by atoms with Crippen molar-refractivity contribution >= 4 is 21.4 Å². The van der Waals surface area contributed by atoms with E-state index in [9.17, 15) is 13.2 Å². The molecule has 7 nitrogen and oxygen atoms in total. The summed E-state index contributed by atoms with van der Waals surface area (Å²) in [7, 11) is -3.11. The summed E-state index contributed by atoms with van der Waals surface area (Å²) in [6, 6.07) is 11.2. The van der Waals surface area contributed by atoms with E-state index in [0.717, 1.165) is 16.7 Å². The molecular formula is C20H21N3O4S. The minimum Gasteiger partial charge on any atom is -0.378 e. The number of nitrogens with zero attached hydrogens (tertiary/aromatic N) is 3.